The zero-order chi connectivity index (χ0) is 8.39. The summed E-state index contributed by atoms with van der Waals surface area (Å²) in [5, 5.41) is 3.47. The number of allylic oxidation sites excluding steroid dienone is 2. The summed E-state index contributed by atoms with van der Waals surface area (Å²) in [5.41, 5.74) is 1.58. The fourth-order valence-electron chi connectivity index (χ4n) is 2.00. The third-order valence-corrected chi connectivity index (χ3v) is 2.69. The molecule has 2 atom stereocenters. The predicted octanol–water partition coefficient (Wildman–Crippen LogP) is 2.04. The lowest BCUT2D eigenvalue weighted by Gasteiger charge is -2.30. The third kappa shape index (κ3) is 1.25. The van der Waals surface area contributed by atoms with Gasteiger partial charge in [-0.1, -0.05) is 42.9 Å². The normalized spacial score (nSPS) is 32.9. The molecule has 0 aromatic heterocycles. The van der Waals surface area contributed by atoms with Crippen LogP contribution in [-0.2, 0) is 0 Å². The van der Waals surface area contributed by atoms with Crippen LogP contribution in [0.3, 0.4) is 0 Å². The Balaban J connectivity index is 2.23. The molecule has 0 aromatic carbocycles. The Morgan fingerprint density at radius 2 is 2.25 bits per heavy atom. The van der Waals surface area contributed by atoms with Gasteiger partial charge in [0, 0.05) is 18.5 Å². The van der Waals surface area contributed by atoms with Gasteiger partial charge in [-0.3, -0.25) is 0 Å². The average molecular weight is 161 g/mol. The Hall–Kier alpha value is -0.820. The van der Waals surface area contributed by atoms with E-state index in [4.69, 9.17) is 0 Å². The lowest BCUT2D eigenvalue weighted by atomic mass is 9.84. The van der Waals surface area contributed by atoms with Crippen molar-refractivity contribution in [2.24, 2.45) is 5.92 Å². The molecule has 1 aliphatic carbocycles. The molecule has 1 heteroatoms. The molecule has 1 heterocycles. The first-order chi connectivity index (χ1) is 5.92. The molecule has 64 valence electrons. The maximum Gasteiger partial charge on any atom is 0.0356 e. The summed E-state index contributed by atoms with van der Waals surface area (Å²) >= 11 is 0. The summed E-state index contributed by atoms with van der Waals surface area (Å²) in [4.78, 5) is 0. The number of hydrogen-bond donors (Lipinski definition) is 1. The average Bonchev–Trinajstić information content (AvgIpc) is 2.17. The van der Waals surface area contributed by atoms with Crippen LogP contribution in [0, 0.1) is 5.92 Å². The minimum atomic E-state index is 0.551. The molecular weight excluding hydrogens is 146 g/mol. The fourth-order valence-corrected chi connectivity index (χ4v) is 2.00. The lowest BCUT2D eigenvalue weighted by molar-refractivity contribution is 0.501. The molecule has 0 saturated carbocycles. The van der Waals surface area contributed by atoms with Gasteiger partial charge in [0.05, 0.1) is 0 Å². The number of nitrogens with one attached hydrogen (secondary N) is 1. The summed E-state index contributed by atoms with van der Waals surface area (Å²) in [6.07, 6.45) is 12.3. The second-order valence-corrected chi connectivity index (χ2v) is 3.36. The zero-order valence-corrected chi connectivity index (χ0v) is 7.46. The highest BCUT2D eigenvalue weighted by atomic mass is 14.9. The van der Waals surface area contributed by atoms with E-state index in [0.29, 0.717) is 12.0 Å². The van der Waals surface area contributed by atoms with Gasteiger partial charge in [0.25, 0.3) is 0 Å². The Labute approximate surface area is 73.9 Å². The summed E-state index contributed by atoms with van der Waals surface area (Å²) in [5.74, 6) is 0.619. The van der Waals surface area contributed by atoms with Crippen LogP contribution in [0.2, 0.25) is 0 Å². The maximum absolute atomic E-state index is 3.47. The van der Waals surface area contributed by atoms with Crippen molar-refractivity contribution in [1.82, 2.24) is 5.32 Å². The van der Waals surface area contributed by atoms with Gasteiger partial charge in [0.15, 0.2) is 0 Å². The second kappa shape index (κ2) is 3.28. The van der Waals surface area contributed by atoms with Crippen molar-refractivity contribution in [3.8, 4) is 0 Å². The summed E-state index contributed by atoms with van der Waals surface area (Å²) in [6.45, 7) is 3.27. The van der Waals surface area contributed by atoms with Crippen LogP contribution in [0.1, 0.15) is 13.3 Å². The zero-order valence-electron chi connectivity index (χ0n) is 7.46. The van der Waals surface area contributed by atoms with Gasteiger partial charge in [-0.15, -0.1) is 0 Å². The minimum absolute atomic E-state index is 0.551. The van der Waals surface area contributed by atoms with Crippen molar-refractivity contribution in [2.45, 2.75) is 19.4 Å². The molecule has 0 spiro atoms. The van der Waals surface area contributed by atoms with Gasteiger partial charge in [-0.05, 0) is 6.42 Å². The molecule has 2 unspecified atom stereocenters. The van der Waals surface area contributed by atoms with E-state index >= 15 is 0 Å². The van der Waals surface area contributed by atoms with Gasteiger partial charge >= 0.3 is 0 Å². The second-order valence-electron chi connectivity index (χ2n) is 3.36. The van der Waals surface area contributed by atoms with Crippen LogP contribution in [0.4, 0.5) is 0 Å². The first kappa shape index (κ1) is 7.81. The van der Waals surface area contributed by atoms with Crippen LogP contribution in [0.15, 0.2) is 36.0 Å². The van der Waals surface area contributed by atoms with Crippen LogP contribution in [-0.4, -0.2) is 12.6 Å². The highest BCUT2D eigenvalue weighted by Crippen LogP contribution is 2.25. The maximum atomic E-state index is 3.47. The number of hydrogen-bond acceptors (Lipinski definition) is 1. The van der Waals surface area contributed by atoms with Crippen molar-refractivity contribution in [3.05, 3.63) is 36.0 Å². The first-order valence-electron chi connectivity index (χ1n) is 4.69. The number of rotatable bonds is 1. The minimum Gasteiger partial charge on any atom is -0.306 e. The standard InChI is InChI=1S/C11H15N/c1-2-9-7-8-12-11-6-4-3-5-10(9)11/h3-7,10-12H,2,8H2,1H3. The van der Waals surface area contributed by atoms with Crippen LogP contribution >= 0.6 is 0 Å². The molecule has 2 aliphatic rings. The van der Waals surface area contributed by atoms with Gasteiger partial charge < -0.3 is 5.32 Å². The summed E-state index contributed by atoms with van der Waals surface area (Å²) in [7, 11) is 0. The first-order valence-corrected chi connectivity index (χ1v) is 4.69. The Bertz CT molecular complexity index is 248. The quantitative estimate of drug-likeness (QED) is 0.580. The molecular formula is C11H15N. The Morgan fingerprint density at radius 3 is 3.08 bits per heavy atom. The number of fused-ring (bicyclic) bond motifs is 1. The van der Waals surface area contributed by atoms with E-state index in [-0.39, 0.29) is 0 Å². The van der Waals surface area contributed by atoms with Crippen molar-refractivity contribution in [3.63, 3.8) is 0 Å². The third-order valence-electron chi connectivity index (χ3n) is 2.69. The topological polar surface area (TPSA) is 12.0 Å². The van der Waals surface area contributed by atoms with Crippen LogP contribution in [0.25, 0.3) is 0 Å². The van der Waals surface area contributed by atoms with E-state index in [1.54, 1.807) is 5.57 Å². The van der Waals surface area contributed by atoms with E-state index < -0.39 is 0 Å². The molecule has 0 fully saturated rings. The lowest BCUT2D eigenvalue weighted by Crippen LogP contribution is -2.39. The molecule has 1 N–H and O–H groups in total. The Morgan fingerprint density at radius 1 is 1.42 bits per heavy atom. The Kier molecular flexibility index (Phi) is 2.13. The highest BCUT2D eigenvalue weighted by Gasteiger charge is 2.23. The van der Waals surface area contributed by atoms with E-state index in [9.17, 15) is 0 Å². The largest absolute Gasteiger partial charge is 0.306 e. The fraction of sp³-hybridized carbons (Fsp3) is 0.455. The van der Waals surface area contributed by atoms with Crippen molar-refractivity contribution >= 4 is 0 Å². The smallest absolute Gasteiger partial charge is 0.0356 e. The molecule has 0 radical (unpaired) electrons. The molecule has 2 rings (SSSR count). The van der Waals surface area contributed by atoms with E-state index in [1.165, 1.54) is 6.42 Å². The van der Waals surface area contributed by atoms with Crippen molar-refractivity contribution in [2.75, 3.05) is 6.54 Å². The molecule has 1 nitrogen and oxygen atoms in total. The molecule has 0 aromatic rings. The van der Waals surface area contributed by atoms with Crippen molar-refractivity contribution < 1.29 is 0 Å². The van der Waals surface area contributed by atoms with E-state index in [0.717, 1.165) is 6.54 Å². The van der Waals surface area contributed by atoms with E-state index in [2.05, 4.69) is 42.6 Å². The van der Waals surface area contributed by atoms with Gasteiger partial charge in [-0.2, -0.15) is 0 Å². The van der Waals surface area contributed by atoms with E-state index in [1.807, 2.05) is 0 Å². The molecule has 0 saturated heterocycles. The SMILES string of the molecule is CCC1=CCNC2C=CC=CC12. The molecule has 1 aliphatic heterocycles. The van der Waals surface area contributed by atoms with Gasteiger partial charge in [0.1, 0.15) is 0 Å². The van der Waals surface area contributed by atoms with Gasteiger partial charge in [0.2, 0.25) is 0 Å². The molecule has 12 heavy (non-hydrogen) atoms. The highest BCUT2D eigenvalue weighted by molar-refractivity contribution is 5.29. The van der Waals surface area contributed by atoms with Crippen LogP contribution < -0.4 is 5.32 Å². The summed E-state index contributed by atoms with van der Waals surface area (Å²) in [6, 6.07) is 0.551. The van der Waals surface area contributed by atoms with Gasteiger partial charge in [-0.25, -0.2) is 0 Å². The van der Waals surface area contributed by atoms with Crippen molar-refractivity contribution in [1.29, 1.82) is 0 Å². The molecule has 0 bridgehead atoms. The molecule has 0 amide bonds. The monoisotopic (exact) mass is 161 g/mol. The van der Waals surface area contributed by atoms with Crippen LogP contribution in [0.5, 0.6) is 0 Å². The predicted molar refractivity (Wildman–Crippen MR) is 51.9 cm³/mol. The summed E-state index contributed by atoms with van der Waals surface area (Å²) < 4.78 is 0.